The van der Waals surface area contributed by atoms with E-state index in [1.807, 2.05) is 11.3 Å². The van der Waals surface area contributed by atoms with Crippen molar-refractivity contribution < 1.29 is 0 Å². The molecular formula is C18H19NS2. The van der Waals surface area contributed by atoms with Gasteiger partial charge in [0, 0.05) is 21.0 Å². The summed E-state index contributed by atoms with van der Waals surface area (Å²) >= 11 is 3.57. The minimum Gasteiger partial charge on any atom is -0.255 e. The number of aryl methyl sites for hydroxylation is 1. The average Bonchev–Trinajstić information content (AvgIpc) is 2.92. The van der Waals surface area contributed by atoms with Crippen molar-refractivity contribution in [2.75, 3.05) is 0 Å². The van der Waals surface area contributed by atoms with Gasteiger partial charge in [0.25, 0.3) is 0 Å². The third-order valence-electron chi connectivity index (χ3n) is 3.37. The number of thiophene rings is 1. The van der Waals surface area contributed by atoms with Crippen LogP contribution in [-0.2, 0) is 13.0 Å². The van der Waals surface area contributed by atoms with Gasteiger partial charge in [0.05, 0.1) is 0 Å². The quantitative estimate of drug-likeness (QED) is 0.590. The maximum absolute atomic E-state index is 3.46. The van der Waals surface area contributed by atoms with Crippen LogP contribution in [0.4, 0.5) is 0 Å². The molecule has 3 rings (SSSR count). The molecule has 0 saturated carbocycles. The highest BCUT2D eigenvalue weighted by atomic mass is 32.2. The Kier molecular flexibility index (Phi) is 4.96. The van der Waals surface area contributed by atoms with Crippen LogP contribution >= 0.6 is 23.3 Å². The minimum absolute atomic E-state index is 0.903. The summed E-state index contributed by atoms with van der Waals surface area (Å²) in [5, 5.41) is 1.34. The Morgan fingerprint density at radius 1 is 1.05 bits per heavy atom. The van der Waals surface area contributed by atoms with Gasteiger partial charge in [-0.05, 0) is 53.6 Å². The molecule has 0 aliphatic heterocycles. The van der Waals surface area contributed by atoms with Gasteiger partial charge in [0.2, 0.25) is 0 Å². The number of hydrogen-bond acceptors (Lipinski definition) is 3. The average molecular weight is 313 g/mol. The topological polar surface area (TPSA) is 12.0 Å². The van der Waals surface area contributed by atoms with Crippen LogP contribution < -0.4 is 4.72 Å². The van der Waals surface area contributed by atoms with E-state index >= 15 is 0 Å². The molecule has 2 aromatic carbocycles. The van der Waals surface area contributed by atoms with Crippen LogP contribution in [0.2, 0.25) is 0 Å². The van der Waals surface area contributed by atoms with Gasteiger partial charge >= 0.3 is 0 Å². The van der Waals surface area contributed by atoms with E-state index in [1.165, 1.54) is 38.3 Å². The molecule has 0 saturated heterocycles. The zero-order valence-electron chi connectivity index (χ0n) is 12.1. The van der Waals surface area contributed by atoms with Crippen molar-refractivity contribution in [2.24, 2.45) is 0 Å². The van der Waals surface area contributed by atoms with Gasteiger partial charge in [-0.2, -0.15) is 0 Å². The first-order chi connectivity index (χ1) is 10.3. The Labute approximate surface area is 134 Å². The second-order valence-electron chi connectivity index (χ2n) is 5.07. The summed E-state index contributed by atoms with van der Waals surface area (Å²) in [6.07, 6.45) is 2.37. The first-order valence-electron chi connectivity index (χ1n) is 7.31. The lowest BCUT2D eigenvalue weighted by Crippen LogP contribution is -2.00. The molecular weight excluding hydrogens is 294 g/mol. The minimum atomic E-state index is 0.903. The summed E-state index contributed by atoms with van der Waals surface area (Å²) in [6.45, 7) is 3.12. The van der Waals surface area contributed by atoms with Gasteiger partial charge in [0.15, 0.2) is 0 Å². The van der Waals surface area contributed by atoms with Crippen LogP contribution in [0.3, 0.4) is 0 Å². The van der Waals surface area contributed by atoms with E-state index in [1.54, 1.807) is 11.9 Å². The second-order valence-corrected chi connectivity index (χ2v) is 7.20. The van der Waals surface area contributed by atoms with Crippen molar-refractivity contribution in [2.45, 2.75) is 31.2 Å². The molecule has 0 radical (unpaired) electrons. The predicted octanol–water partition coefficient (Wildman–Crippen LogP) is 5.65. The lowest BCUT2D eigenvalue weighted by molar-refractivity contribution is 0.920. The zero-order valence-corrected chi connectivity index (χ0v) is 13.8. The van der Waals surface area contributed by atoms with E-state index in [-0.39, 0.29) is 0 Å². The first-order valence-corrected chi connectivity index (χ1v) is 8.94. The van der Waals surface area contributed by atoms with Crippen LogP contribution in [0, 0.1) is 0 Å². The molecule has 21 heavy (non-hydrogen) atoms. The SMILES string of the molecule is CCCc1ccc(SNCc2cc3ccccc3s2)cc1. The van der Waals surface area contributed by atoms with E-state index in [9.17, 15) is 0 Å². The molecule has 0 fully saturated rings. The molecule has 0 unspecified atom stereocenters. The summed E-state index contributed by atoms with van der Waals surface area (Å²) in [6, 6.07) is 19.7. The third kappa shape index (κ3) is 3.88. The Morgan fingerprint density at radius 2 is 1.86 bits per heavy atom. The van der Waals surface area contributed by atoms with Crippen LogP contribution in [0.1, 0.15) is 23.8 Å². The fourth-order valence-electron chi connectivity index (χ4n) is 2.33. The molecule has 1 nitrogen and oxygen atoms in total. The molecule has 0 aliphatic carbocycles. The summed E-state index contributed by atoms with van der Waals surface area (Å²) in [7, 11) is 0. The van der Waals surface area contributed by atoms with Gasteiger partial charge in [-0.15, -0.1) is 11.3 Å². The molecule has 1 aromatic heterocycles. The Morgan fingerprint density at radius 3 is 2.62 bits per heavy atom. The first kappa shape index (κ1) is 14.6. The summed E-state index contributed by atoms with van der Waals surface area (Å²) in [5.74, 6) is 0. The molecule has 0 bridgehead atoms. The molecule has 1 heterocycles. The van der Waals surface area contributed by atoms with E-state index in [0.717, 1.165) is 6.54 Å². The van der Waals surface area contributed by atoms with Crippen LogP contribution in [-0.4, -0.2) is 0 Å². The lowest BCUT2D eigenvalue weighted by Gasteiger charge is -2.04. The number of rotatable bonds is 6. The largest absolute Gasteiger partial charge is 0.255 e. The summed E-state index contributed by atoms with van der Waals surface area (Å²) < 4.78 is 4.82. The molecule has 0 aliphatic rings. The number of hydrogen-bond donors (Lipinski definition) is 1. The number of benzene rings is 2. The van der Waals surface area contributed by atoms with Crippen molar-refractivity contribution in [3.8, 4) is 0 Å². The summed E-state index contributed by atoms with van der Waals surface area (Å²) in [4.78, 5) is 2.65. The van der Waals surface area contributed by atoms with E-state index in [4.69, 9.17) is 0 Å². The number of nitrogens with one attached hydrogen (secondary N) is 1. The molecule has 0 amide bonds. The third-order valence-corrected chi connectivity index (χ3v) is 5.29. The Balaban J connectivity index is 1.55. The highest BCUT2D eigenvalue weighted by Gasteiger charge is 2.01. The molecule has 108 valence electrons. The van der Waals surface area contributed by atoms with Gasteiger partial charge in [-0.1, -0.05) is 43.7 Å². The van der Waals surface area contributed by atoms with Crippen molar-refractivity contribution >= 4 is 33.4 Å². The van der Waals surface area contributed by atoms with Crippen LogP contribution in [0.15, 0.2) is 59.5 Å². The fraction of sp³-hybridized carbons (Fsp3) is 0.222. The molecule has 0 spiro atoms. The predicted molar refractivity (Wildman–Crippen MR) is 95.0 cm³/mol. The smallest absolute Gasteiger partial charge is 0.0407 e. The normalized spacial score (nSPS) is 11.1. The molecule has 0 atom stereocenters. The summed E-state index contributed by atoms with van der Waals surface area (Å²) in [5.41, 5.74) is 1.42. The van der Waals surface area contributed by atoms with Gasteiger partial charge in [0.1, 0.15) is 0 Å². The maximum Gasteiger partial charge on any atom is 0.0407 e. The molecule has 1 N–H and O–H groups in total. The van der Waals surface area contributed by atoms with Crippen molar-refractivity contribution in [3.05, 3.63) is 65.0 Å². The monoisotopic (exact) mass is 313 g/mol. The van der Waals surface area contributed by atoms with E-state index < -0.39 is 0 Å². The van der Waals surface area contributed by atoms with Gasteiger partial charge in [-0.25, -0.2) is 0 Å². The maximum atomic E-state index is 3.46. The zero-order chi connectivity index (χ0) is 14.5. The lowest BCUT2D eigenvalue weighted by atomic mass is 10.1. The van der Waals surface area contributed by atoms with Gasteiger partial charge < -0.3 is 0 Å². The standard InChI is InChI=1S/C18H19NS2/c1-2-5-14-8-10-16(11-9-14)21-19-13-17-12-15-6-3-4-7-18(15)20-17/h3-4,6-12,19H,2,5,13H2,1H3. The van der Waals surface area contributed by atoms with Crippen LogP contribution in [0.25, 0.3) is 10.1 Å². The fourth-order valence-corrected chi connectivity index (χ4v) is 4.09. The molecule has 3 aromatic rings. The van der Waals surface area contributed by atoms with E-state index in [2.05, 4.69) is 66.2 Å². The van der Waals surface area contributed by atoms with Crippen molar-refractivity contribution in [3.63, 3.8) is 0 Å². The van der Waals surface area contributed by atoms with Gasteiger partial charge in [-0.3, -0.25) is 4.72 Å². The van der Waals surface area contributed by atoms with Crippen molar-refractivity contribution in [1.29, 1.82) is 0 Å². The second kappa shape index (κ2) is 7.12. The Bertz CT molecular complexity index is 668. The number of fused-ring (bicyclic) bond motifs is 1. The highest BCUT2D eigenvalue weighted by Crippen LogP contribution is 2.26. The Hall–Kier alpha value is -1.29. The molecule has 3 heteroatoms. The van der Waals surface area contributed by atoms with E-state index in [0.29, 0.717) is 0 Å². The highest BCUT2D eigenvalue weighted by molar-refractivity contribution is 7.97. The van der Waals surface area contributed by atoms with Crippen molar-refractivity contribution in [1.82, 2.24) is 4.72 Å². The van der Waals surface area contributed by atoms with Crippen LogP contribution in [0.5, 0.6) is 0 Å².